The molecule has 128 valence electrons. The molecule has 4 heterocycles. The molecule has 1 aliphatic heterocycles. The monoisotopic (exact) mass is 353 g/mol. The Labute approximate surface area is 150 Å². The van der Waals surface area contributed by atoms with Gasteiger partial charge in [-0.15, -0.1) is 11.3 Å². The van der Waals surface area contributed by atoms with E-state index in [4.69, 9.17) is 9.72 Å². The number of nitrogens with zero attached hydrogens (tertiary/aromatic N) is 4. The lowest BCUT2D eigenvalue weighted by Crippen LogP contribution is -2.39. The van der Waals surface area contributed by atoms with Crippen LogP contribution in [-0.4, -0.2) is 39.6 Å². The molecule has 0 bridgehead atoms. The maximum Gasteiger partial charge on any atom is 0.150 e. The van der Waals surface area contributed by atoms with Crippen molar-refractivity contribution in [2.45, 2.75) is 12.6 Å². The molecule has 1 fully saturated rings. The molecule has 1 atom stereocenters. The number of aromatic nitrogens is 3. The molecule has 1 saturated heterocycles. The van der Waals surface area contributed by atoms with Gasteiger partial charge in [0.25, 0.3) is 0 Å². The first kappa shape index (κ1) is 16.1. The summed E-state index contributed by atoms with van der Waals surface area (Å²) < 4.78 is 5.69. The molecule has 4 rings (SSSR count). The third-order valence-electron chi connectivity index (χ3n) is 4.07. The second kappa shape index (κ2) is 7.69. The van der Waals surface area contributed by atoms with Crippen molar-refractivity contribution in [2.75, 3.05) is 25.1 Å². The van der Waals surface area contributed by atoms with Gasteiger partial charge >= 0.3 is 0 Å². The standard InChI is InChI=1S/C18H19N5OS/c1-2-7-19-16(5-1)21-17-6-8-20-18(22-17)15-13-24-10-9-23(15)12-14-4-3-11-25-14/h1-8,11,15H,9-10,12-13H2,(H,19,20,21,22)/t15-/m0/s1. The van der Waals surface area contributed by atoms with Crippen molar-refractivity contribution in [3.8, 4) is 0 Å². The molecule has 1 aliphatic rings. The zero-order valence-electron chi connectivity index (χ0n) is 13.7. The van der Waals surface area contributed by atoms with E-state index in [2.05, 4.69) is 37.7 Å². The van der Waals surface area contributed by atoms with Crippen LogP contribution in [0.5, 0.6) is 0 Å². The van der Waals surface area contributed by atoms with Gasteiger partial charge in [-0.2, -0.15) is 0 Å². The highest BCUT2D eigenvalue weighted by molar-refractivity contribution is 7.09. The van der Waals surface area contributed by atoms with Crippen molar-refractivity contribution in [1.29, 1.82) is 0 Å². The number of rotatable bonds is 5. The maximum atomic E-state index is 5.69. The van der Waals surface area contributed by atoms with Gasteiger partial charge in [-0.1, -0.05) is 12.1 Å². The highest BCUT2D eigenvalue weighted by Gasteiger charge is 2.27. The fourth-order valence-corrected chi connectivity index (χ4v) is 3.57. The molecule has 0 spiro atoms. The summed E-state index contributed by atoms with van der Waals surface area (Å²) in [4.78, 5) is 17.2. The second-order valence-electron chi connectivity index (χ2n) is 5.78. The van der Waals surface area contributed by atoms with Crippen LogP contribution in [0.1, 0.15) is 16.7 Å². The Morgan fingerprint density at radius 1 is 1.12 bits per heavy atom. The van der Waals surface area contributed by atoms with Gasteiger partial charge in [-0.3, -0.25) is 4.90 Å². The van der Waals surface area contributed by atoms with Crippen LogP contribution in [-0.2, 0) is 11.3 Å². The summed E-state index contributed by atoms with van der Waals surface area (Å²) in [6.45, 7) is 3.13. The summed E-state index contributed by atoms with van der Waals surface area (Å²) >= 11 is 1.77. The van der Waals surface area contributed by atoms with E-state index in [1.807, 2.05) is 24.3 Å². The highest BCUT2D eigenvalue weighted by Crippen LogP contribution is 2.25. The van der Waals surface area contributed by atoms with Crippen molar-refractivity contribution in [1.82, 2.24) is 19.9 Å². The predicted octanol–water partition coefficient (Wildman–Crippen LogP) is 3.25. The van der Waals surface area contributed by atoms with Gasteiger partial charge in [-0.05, 0) is 29.6 Å². The molecule has 0 aromatic carbocycles. The first-order chi connectivity index (χ1) is 12.4. The molecule has 0 aliphatic carbocycles. The molecule has 0 saturated carbocycles. The number of morpholine rings is 1. The van der Waals surface area contributed by atoms with Crippen molar-refractivity contribution in [3.05, 3.63) is 64.9 Å². The minimum atomic E-state index is 0.0568. The van der Waals surface area contributed by atoms with E-state index in [1.54, 1.807) is 23.7 Å². The first-order valence-electron chi connectivity index (χ1n) is 8.24. The van der Waals surface area contributed by atoms with Crippen LogP contribution in [0.2, 0.25) is 0 Å². The van der Waals surface area contributed by atoms with Gasteiger partial charge < -0.3 is 10.1 Å². The third-order valence-corrected chi connectivity index (χ3v) is 4.93. The summed E-state index contributed by atoms with van der Waals surface area (Å²) in [5, 5.41) is 5.33. The molecular formula is C18H19N5OS. The third kappa shape index (κ3) is 4.01. The fraction of sp³-hybridized carbons (Fsp3) is 0.278. The lowest BCUT2D eigenvalue weighted by atomic mass is 10.2. The Morgan fingerprint density at radius 2 is 2.12 bits per heavy atom. The number of hydrogen-bond acceptors (Lipinski definition) is 7. The summed E-state index contributed by atoms with van der Waals surface area (Å²) in [5.41, 5.74) is 0. The summed E-state index contributed by atoms with van der Waals surface area (Å²) in [5.74, 6) is 2.28. The Morgan fingerprint density at radius 3 is 2.96 bits per heavy atom. The summed E-state index contributed by atoms with van der Waals surface area (Å²) in [6.07, 6.45) is 3.54. The SMILES string of the molecule is c1ccc(Nc2ccnc([C@@H]3COCCN3Cc3cccs3)n2)nc1. The van der Waals surface area contributed by atoms with Crippen LogP contribution in [0.15, 0.2) is 54.2 Å². The van der Waals surface area contributed by atoms with E-state index in [9.17, 15) is 0 Å². The van der Waals surface area contributed by atoms with Crippen molar-refractivity contribution in [3.63, 3.8) is 0 Å². The van der Waals surface area contributed by atoms with Crippen LogP contribution in [0.3, 0.4) is 0 Å². The number of thiophene rings is 1. The lowest BCUT2D eigenvalue weighted by molar-refractivity contribution is -0.0154. The number of hydrogen-bond donors (Lipinski definition) is 1. The zero-order chi connectivity index (χ0) is 16.9. The number of pyridine rings is 1. The Bertz CT molecular complexity index is 796. The fourth-order valence-electron chi connectivity index (χ4n) is 2.84. The predicted molar refractivity (Wildman–Crippen MR) is 97.8 cm³/mol. The first-order valence-corrected chi connectivity index (χ1v) is 9.11. The average molecular weight is 353 g/mol. The van der Waals surface area contributed by atoms with Crippen molar-refractivity contribution < 1.29 is 4.74 Å². The van der Waals surface area contributed by atoms with Crippen LogP contribution in [0.25, 0.3) is 0 Å². The second-order valence-corrected chi connectivity index (χ2v) is 6.81. The van der Waals surface area contributed by atoms with E-state index in [0.29, 0.717) is 6.61 Å². The van der Waals surface area contributed by atoms with E-state index in [1.165, 1.54) is 4.88 Å². The van der Waals surface area contributed by atoms with E-state index in [0.717, 1.165) is 37.2 Å². The molecule has 1 N–H and O–H groups in total. The largest absolute Gasteiger partial charge is 0.378 e. The normalized spacial score (nSPS) is 18.2. The van der Waals surface area contributed by atoms with Crippen molar-refractivity contribution in [2.24, 2.45) is 0 Å². The van der Waals surface area contributed by atoms with E-state index >= 15 is 0 Å². The minimum absolute atomic E-state index is 0.0568. The van der Waals surface area contributed by atoms with Crippen LogP contribution >= 0.6 is 11.3 Å². The van der Waals surface area contributed by atoms with E-state index in [-0.39, 0.29) is 6.04 Å². The number of anilines is 2. The Balaban J connectivity index is 1.53. The van der Waals surface area contributed by atoms with Gasteiger partial charge in [0.2, 0.25) is 0 Å². The summed E-state index contributed by atoms with van der Waals surface area (Å²) in [7, 11) is 0. The van der Waals surface area contributed by atoms with Crippen molar-refractivity contribution >= 4 is 23.0 Å². The van der Waals surface area contributed by atoms with Gasteiger partial charge in [-0.25, -0.2) is 15.0 Å². The van der Waals surface area contributed by atoms with Gasteiger partial charge in [0.15, 0.2) is 0 Å². The molecule has 6 nitrogen and oxygen atoms in total. The number of nitrogens with one attached hydrogen (secondary N) is 1. The number of ether oxygens (including phenoxy) is 1. The lowest BCUT2D eigenvalue weighted by Gasteiger charge is -2.34. The Kier molecular flexibility index (Phi) is 4.96. The smallest absolute Gasteiger partial charge is 0.150 e. The van der Waals surface area contributed by atoms with Crippen LogP contribution < -0.4 is 5.32 Å². The molecular weight excluding hydrogens is 334 g/mol. The topological polar surface area (TPSA) is 63.2 Å². The quantitative estimate of drug-likeness (QED) is 0.760. The van der Waals surface area contributed by atoms with Crippen LogP contribution in [0, 0.1) is 0 Å². The van der Waals surface area contributed by atoms with Gasteiger partial charge in [0.05, 0.1) is 19.3 Å². The van der Waals surface area contributed by atoms with E-state index < -0.39 is 0 Å². The van der Waals surface area contributed by atoms with Crippen LogP contribution in [0.4, 0.5) is 11.6 Å². The molecule has 3 aromatic rings. The molecule has 25 heavy (non-hydrogen) atoms. The average Bonchev–Trinajstić information content (AvgIpc) is 3.16. The molecule has 0 radical (unpaired) electrons. The van der Waals surface area contributed by atoms with Gasteiger partial charge in [0.1, 0.15) is 17.5 Å². The zero-order valence-corrected chi connectivity index (χ0v) is 14.5. The Hall–Kier alpha value is -2.35. The molecule has 3 aromatic heterocycles. The van der Waals surface area contributed by atoms with Gasteiger partial charge in [0, 0.05) is 30.4 Å². The molecule has 0 amide bonds. The molecule has 0 unspecified atom stereocenters. The maximum absolute atomic E-state index is 5.69. The molecule has 7 heteroatoms. The summed E-state index contributed by atoms with van der Waals surface area (Å²) in [6, 6.07) is 11.9. The minimum Gasteiger partial charge on any atom is -0.378 e. The highest BCUT2D eigenvalue weighted by atomic mass is 32.1.